The Bertz CT molecular complexity index is 479. The molecule has 0 bridgehead atoms. The molecule has 19 heavy (non-hydrogen) atoms. The Labute approximate surface area is 126 Å². The molecule has 98 valence electrons. The number of thioether (sulfide) groups is 1. The average molecular weight is 333 g/mol. The predicted octanol–water partition coefficient (Wildman–Crippen LogP) is 4.17. The quantitative estimate of drug-likeness (QED) is 0.317. The minimum atomic E-state index is 0.623. The molecule has 2 heteroatoms. The molecule has 0 aliphatic rings. The van der Waals surface area contributed by atoms with Gasteiger partial charge in [0.15, 0.2) is 0 Å². The van der Waals surface area contributed by atoms with E-state index in [9.17, 15) is 0 Å². The fourth-order valence-corrected chi connectivity index (χ4v) is 4.14. The van der Waals surface area contributed by atoms with Gasteiger partial charge in [-0.05, 0) is 0 Å². The summed E-state index contributed by atoms with van der Waals surface area (Å²) < 4.78 is 1.50. The SMILES string of the molecule is C(=C\CSc1ccccc1)/CC[Se]c1ccccc1. The third kappa shape index (κ3) is 6.15. The molecule has 0 saturated heterocycles. The average Bonchev–Trinajstić information content (AvgIpc) is 2.48. The maximum absolute atomic E-state index is 2.32. The van der Waals surface area contributed by atoms with Crippen molar-refractivity contribution in [3.05, 3.63) is 72.8 Å². The molecule has 0 heterocycles. The first kappa shape index (κ1) is 14.5. The van der Waals surface area contributed by atoms with Crippen LogP contribution in [0.3, 0.4) is 0 Å². The van der Waals surface area contributed by atoms with Crippen molar-refractivity contribution in [1.29, 1.82) is 0 Å². The van der Waals surface area contributed by atoms with Crippen molar-refractivity contribution >= 4 is 31.2 Å². The first-order chi connectivity index (χ1) is 9.45. The standard InChI is InChI=1S/C17H18SSe/c1-4-10-16(11-5-1)18-14-8-3-9-15-19-17-12-6-2-7-13-17/h1-8,10-13H,9,14-15H2/b8-3+. The van der Waals surface area contributed by atoms with Crippen molar-refractivity contribution in [3.63, 3.8) is 0 Å². The van der Waals surface area contributed by atoms with Crippen molar-refractivity contribution in [2.24, 2.45) is 0 Å². The molecule has 2 aromatic carbocycles. The van der Waals surface area contributed by atoms with Gasteiger partial charge in [0.25, 0.3) is 0 Å². The molecule has 0 unspecified atom stereocenters. The third-order valence-electron chi connectivity index (χ3n) is 2.55. The second-order valence-corrected chi connectivity index (χ2v) is 7.59. The van der Waals surface area contributed by atoms with E-state index < -0.39 is 0 Å². The van der Waals surface area contributed by atoms with Crippen LogP contribution in [0.15, 0.2) is 77.7 Å². The monoisotopic (exact) mass is 334 g/mol. The molecule has 0 atom stereocenters. The van der Waals surface area contributed by atoms with Gasteiger partial charge in [-0.15, -0.1) is 0 Å². The Morgan fingerprint density at radius 3 is 2.26 bits per heavy atom. The Morgan fingerprint density at radius 1 is 0.842 bits per heavy atom. The summed E-state index contributed by atoms with van der Waals surface area (Å²) in [5.41, 5.74) is 0. The van der Waals surface area contributed by atoms with Crippen LogP contribution in [0.1, 0.15) is 6.42 Å². The molecule has 0 nitrogen and oxygen atoms in total. The number of benzene rings is 2. The summed E-state index contributed by atoms with van der Waals surface area (Å²) in [6.07, 6.45) is 5.81. The molecule has 0 saturated carbocycles. The van der Waals surface area contributed by atoms with Crippen LogP contribution >= 0.6 is 11.8 Å². The second-order valence-electron chi connectivity index (χ2n) is 4.05. The van der Waals surface area contributed by atoms with Crippen LogP contribution in [0.4, 0.5) is 0 Å². The fraction of sp³-hybridized carbons (Fsp3) is 0.176. The van der Waals surface area contributed by atoms with Gasteiger partial charge in [-0.25, -0.2) is 0 Å². The summed E-state index contributed by atoms with van der Waals surface area (Å²) in [5.74, 6) is 1.07. The molecule has 2 rings (SSSR count). The molecule has 0 aromatic heterocycles. The van der Waals surface area contributed by atoms with Crippen LogP contribution in [-0.4, -0.2) is 20.7 Å². The van der Waals surface area contributed by atoms with Gasteiger partial charge in [0.05, 0.1) is 0 Å². The van der Waals surface area contributed by atoms with E-state index in [1.165, 1.54) is 21.1 Å². The number of rotatable bonds is 7. The zero-order valence-electron chi connectivity index (χ0n) is 10.9. The first-order valence-corrected chi connectivity index (χ1v) is 9.51. The Kier molecular flexibility index (Phi) is 6.87. The van der Waals surface area contributed by atoms with Gasteiger partial charge in [0.1, 0.15) is 0 Å². The topological polar surface area (TPSA) is 0 Å². The molecular formula is C17H18SSe. The minimum absolute atomic E-state index is 0.623. The summed E-state index contributed by atoms with van der Waals surface area (Å²) in [4.78, 5) is 1.35. The second kappa shape index (κ2) is 9.03. The predicted molar refractivity (Wildman–Crippen MR) is 87.6 cm³/mol. The summed E-state index contributed by atoms with van der Waals surface area (Å²) in [6.45, 7) is 0. The van der Waals surface area contributed by atoms with E-state index in [0.29, 0.717) is 15.0 Å². The molecule has 0 spiro atoms. The molecule has 2 aromatic rings. The van der Waals surface area contributed by atoms with Crippen molar-refractivity contribution in [2.45, 2.75) is 16.6 Å². The first-order valence-electron chi connectivity index (χ1n) is 6.46. The zero-order valence-corrected chi connectivity index (χ0v) is 13.4. The van der Waals surface area contributed by atoms with Crippen molar-refractivity contribution in [2.75, 3.05) is 5.75 Å². The van der Waals surface area contributed by atoms with E-state index in [4.69, 9.17) is 0 Å². The fourth-order valence-electron chi connectivity index (χ4n) is 1.61. The van der Waals surface area contributed by atoms with Gasteiger partial charge in [-0.3, -0.25) is 0 Å². The van der Waals surface area contributed by atoms with Gasteiger partial charge in [-0.2, -0.15) is 0 Å². The maximum atomic E-state index is 2.32. The van der Waals surface area contributed by atoms with E-state index in [-0.39, 0.29) is 0 Å². The van der Waals surface area contributed by atoms with Crippen LogP contribution in [0.5, 0.6) is 0 Å². The van der Waals surface area contributed by atoms with Crippen molar-refractivity contribution in [1.82, 2.24) is 0 Å². The van der Waals surface area contributed by atoms with Crippen molar-refractivity contribution < 1.29 is 0 Å². The summed E-state index contributed by atoms with van der Waals surface area (Å²) in [5, 5.41) is 1.30. The molecule has 0 radical (unpaired) electrons. The summed E-state index contributed by atoms with van der Waals surface area (Å²) in [6, 6.07) is 21.4. The molecule has 0 amide bonds. The van der Waals surface area contributed by atoms with Crippen LogP contribution in [0, 0.1) is 0 Å². The van der Waals surface area contributed by atoms with Gasteiger partial charge in [0.2, 0.25) is 0 Å². The molecule has 0 aliphatic carbocycles. The van der Waals surface area contributed by atoms with E-state index in [1.54, 1.807) is 0 Å². The summed E-state index contributed by atoms with van der Waals surface area (Å²) >= 11 is 2.52. The van der Waals surface area contributed by atoms with E-state index in [1.807, 2.05) is 11.8 Å². The van der Waals surface area contributed by atoms with E-state index in [2.05, 4.69) is 72.8 Å². The van der Waals surface area contributed by atoms with Crippen LogP contribution in [-0.2, 0) is 0 Å². The van der Waals surface area contributed by atoms with Crippen LogP contribution in [0.25, 0.3) is 0 Å². The molecule has 0 N–H and O–H groups in total. The summed E-state index contributed by atoms with van der Waals surface area (Å²) in [7, 11) is 0. The molecule has 0 fully saturated rings. The number of allylic oxidation sites excluding steroid dienone is 1. The zero-order chi connectivity index (χ0) is 13.2. The molecule has 0 aliphatic heterocycles. The van der Waals surface area contributed by atoms with Gasteiger partial charge < -0.3 is 0 Å². The number of hydrogen-bond acceptors (Lipinski definition) is 1. The van der Waals surface area contributed by atoms with Crippen LogP contribution < -0.4 is 4.46 Å². The van der Waals surface area contributed by atoms with Gasteiger partial charge in [0, 0.05) is 0 Å². The van der Waals surface area contributed by atoms with E-state index in [0.717, 1.165) is 5.75 Å². The third-order valence-corrected chi connectivity index (χ3v) is 5.71. The van der Waals surface area contributed by atoms with Crippen molar-refractivity contribution in [3.8, 4) is 0 Å². The Hall–Kier alpha value is -0.951. The van der Waals surface area contributed by atoms with Crippen LogP contribution in [0.2, 0.25) is 5.32 Å². The normalized spacial score (nSPS) is 10.9. The van der Waals surface area contributed by atoms with Gasteiger partial charge in [-0.1, -0.05) is 0 Å². The molecular weight excluding hydrogens is 315 g/mol. The van der Waals surface area contributed by atoms with E-state index >= 15 is 0 Å². The Morgan fingerprint density at radius 2 is 1.53 bits per heavy atom. The number of hydrogen-bond donors (Lipinski definition) is 0. The van der Waals surface area contributed by atoms with Gasteiger partial charge >= 0.3 is 126 Å². The Balaban J connectivity index is 1.57.